The normalized spacial score (nSPS) is 15.1. The zero-order valence-corrected chi connectivity index (χ0v) is 16.8. The molecule has 4 rings (SSSR count). The van der Waals surface area contributed by atoms with E-state index in [0.717, 1.165) is 18.7 Å². The molecule has 4 heteroatoms. The Bertz CT molecular complexity index is 939. The van der Waals surface area contributed by atoms with Gasteiger partial charge in [0.05, 0.1) is 6.04 Å². The fraction of sp³-hybridized carbons (Fsp3) is 0.192. The second kappa shape index (κ2) is 9.51. The lowest BCUT2D eigenvalue weighted by Gasteiger charge is -2.39. The van der Waals surface area contributed by atoms with E-state index in [1.54, 1.807) is 24.3 Å². The van der Waals surface area contributed by atoms with Crippen molar-refractivity contribution in [3.8, 4) is 0 Å². The van der Waals surface area contributed by atoms with E-state index in [0.29, 0.717) is 13.1 Å². The maximum absolute atomic E-state index is 13.0. The van der Waals surface area contributed by atoms with Crippen molar-refractivity contribution in [2.75, 3.05) is 26.2 Å². The Balaban J connectivity index is 1.43. The molecular formula is C26H25FN2O. The summed E-state index contributed by atoms with van der Waals surface area (Å²) in [5, 5.41) is 0. The number of carbonyl (C=O) groups is 1. The first-order chi connectivity index (χ1) is 14.7. The minimum absolute atomic E-state index is 0.00468. The summed E-state index contributed by atoms with van der Waals surface area (Å²) in [6.45, 7) is 2.99. The van der Waals surface area contributed by atoms with E-state index in [1.165, 1.54) is 23.3 Å². The average molecular weight is 400 g/mol. The molecule has 0 aromatic heterocycles. The quantitative estimate of drug-likeness (QED) is 0.576. The van der Waals surface area contributed by atoms with Gasteiger partial charge in [0.15, 0.2) is 0 Å². The maximum Gasteiger partial charge on any atom is 0.246 e. The van der Waals surface area contributed by atoms with E-state index in [-0.39, 0.29) is 17.8 Å². The Morgan fingerprint density at radius 3 is 1.83 bits per heavy atom. The molecule has 1 saturated heterocycles. The number of benzene rings is 3. The van der Waals surface area contributed by atoms with Gasteiger partial charge in [-0.25, -0.2) is 4.39 Å². The molecule has 1 aliphatic rings. The zero-order valence-electron chi connectivity index (χ0n) is 16.8. The SMILES string of the molecule is O=C(/C=C/c1ccc(F)cc1)N1CCN(C(c2ccccc2)c2ccccc2)CC1. The van der Waals surface area contributed by atoms with Gasteiger partial charge >= 0.3 is 0 Å². The molecule has 3 aromatic carbocycles. The number of hydrogen-bond donors (Lipinski definition) is 0. The molecule has 0 N–H and O–H groups in total. The average Bonchev–Trinajstić information content (AvgIpc) is 2.81. The predicted molar refractivity (Wildman–Crippen MR) is 118 cm³/mol. The van der Waals surface area contributed by atoms with Crippen LogP contribution < -0.4 is 0 Å². The molecule has 0 spiro atoms. The molecule has 0 aliphatic carbocycles. The van der Waals surface area contributed by atoms with E-state index in [1.807, 2.05) is 17.0 Å². The summed E-state index contributed by atoms with van der Waals surface area (Å²) in [6, 6.07) is 27.4. The molecular weight excluding hydrogens is 375 g/mol. The molecule has 1 heterocycles. The lowest BCUT2D eigenvalue weighted by atomic mass is 9.96. The molecule has 0 atom stereocenters. The van der Waals surface area contributed by atoms with Crippen LogP contribution >= 0.6 is 0 Å². The fourth-order valence-corrected chi connectivity index (χ4v) is 3.93. The molecule has 1 fully saturated rings. The molecule has 0 bridgehead atoms. The summed E-state index contributed by atoms with van der Waals surface area (Å²) >= 11 is 0. The summed E-state index contributed by atoms with van der Waals surface area (Å²) in [6.07, 6.45) is 3.32. The van der Waals surface area contributed by atoms with Crippen LogP contribution in [-0.2, 0) is 4.79 Å². The molecule has 0 saturated carbocycles. The van der Waals surface area contributed by atoms with Crippen LogP contribution in [0, 0.1) is 5.82 Å². The van der Waals surface area contributed by atoms with Crippen molar-refractivity contribution in [3.05, 3.63) is 114 Å². The Labute approximate surface area is 177 Å². The van der Waals surface area contributed by atoms with E-state index in [2.05, 4.69) is 53.4 Å². The van der Waals surface area contributed by atoms with Gasteiger partial charge < -0.3 is 4.90 Å². The number of halogens is 1. The minimum Gasteiger partial charge on any atom is -0.337 e. The van der Waals surface area contributed by atoms with Crippen molar-refractivity contribution in [2.24, 2.45) is 0 Å². The summed E-state index contributed by atoms with van der Waals surface area (Å²) in [5.74, 6) is -0.282. The predicted octanol–water partition coefficient (Wildman–Crippen LogP) is 4.77. The molecule has 152 valence electrons. The van der Waals surface area contributed by atoms with Gasteiger partial charge in [-0.2, -0.15) is 0 Å². The number of piperazine rings is 1. The highest BCUT2D eigenvalue weighted by atomic mass is 19.1. The third-order valence-electron chi connectivity index (χ3n) is 5.51. The number of hydrogen-bond acceptors (Lipinski definition) is 2. The van der Waals surface area contributed by atoms with Crippen molar-refractivity contribution >= 4 is 12.0 Å². The Morgan fingerprint density at radius 2 is 1.30 bits per heavy atom. The van der Waals surface area contributed by atoms with Gasteiger partial charge in [0.2, 0.25) is 5.91 Å². The largest absolute Gasteiger partial charge is 0.337 e. The molecule has 1 amide bonds. The van der Waals surface area contributed by atoms with Crippen LogP contribution in [0.15, 0.2) is 91.0 Å². The minimum atomic E-state index is -0.277. The first-order valence-corrected chi connectivity index (χ1v) is 10.3. The van der Waals surface area contributed by atoms with Crippen molar-refractivity contribution in [1.29, 1.82) is 0 Å². The summed E-state index contributed by atoms with van der Waals surface area (Å²) in [5.41, 5.74) is 3.34. The molecule has 0 unspecified atom stereocenters. The van der Waals surface area contributed by atoms with Crippen LogP contribution in [0.3, 0.4) is 0 Å². The number of amides is 1. The van der Waals surface area contributed by atoms with Gasteiger partial charge in [0.1, 0.15) is 5.82 Å². The van der Waals surface area contributed by atoms with Crippen molar-refractivity contribution in [2.45, 2.75) is 6.04 Å². The van der Waals surface area contributed by atoms with Crippen LogP contribution in [0.1, 0.15) is 22.7 Å². The van der Waals surface area contributed by atoms with Gasteiger partial charge in [-0.1, -0.05) is 72.8 Å². The molecule has 30 heavy (non-hydrogen) atoms. The van der Waals surface area contributed by atoms with Gasteiger partial charge in [-0.3, -0.25) is 9.69 Å². The standard InChI is InChI=1S/C26H25FN2O/c27-24-14-11-21(12-15-24)13-16-25(30)28-17-19-29(20-18-28)26(22-7-3-1-4-8-22)23-9-5-2-6-10-23/h1-16,26H,17-20H2/b16-13+. The monoisotopic (exact) mass is 400 g/mol. The van der Waals surface area contributed by atoms with Crippen LogP contribution in [0.25, 0.3) is 6.08 Å². The Hall–Kier alpha value is -3.24. The summed E-state index contributed by atoms with van der Waals surface area (Å²) in [7, 11) is 0. The lowest BCUT2D eigenvalue weighted by Crippen LogP contribution is -2.49. The van der Waals surface area contributed by atoms with Crippen molar-refractivity contribution in [3.63, 3.8) is 0 Å². The maximum atomic E-state index is 13.0. The van der Waals surface area contributed by atoms with Crippen molar-refractivity contribution < 1.29 is 9.18 Å². The molecule has 3 nitrogen and oxygen atoms in total. The fourth-order valence-electron chi connectivity index (χ4n) is 3.93. The summed E-state index contributed by atoms with van der Waals surface area (Å²) < 4.78 is 13.0. The van der Waals surface area contributed by atoms with Crippen LogP contribution in [0.5, 0.6) is 0 Å². The third-order valence-corrected chi connectivity index (χ3v) is 5.51. The number of rotatable bonds is 5. The highest BCUT2D eigenvalue weighted by Crippen LogP contribution is 2.29. The van der Waals surface area contributed by atoms with Crippen molar-refractivity contribution in [1.82, 2.24) is 9.80 Å². The third kappa shape index (κ3) is 4.84. The van der Waals surface area contributed by atoms with Crippen LogP contribution in [0.4, 0.5) is 4.39 Å². The van der Waals surface area contributed by atoms with Gasteiger partial charge in [-0.15, -0.1) is 0 Å². The summed E-state index contributed by atoms with van der Waals surface area (Å²) in [4.78, 5) is 16.9. The zero-order chi connectivity index (χ0) is 20.8. The smallest absolute Gasteiger partial charge is 0.246 e. The van der Waals surface area contributed by atoms with Crippen LogP contribution in [-0.4, -0.2) is 41.9 Å². The second-order valence-electron chi connectivity index (χ2n) is 7.47. The highest BCUT2D eigenvalue weighted by molar-refractivity contribution is 5.91. The first kappa shape index (κ1) is 20.0. The second-order valence-corrected chi connectivity index (χ2v) is 7.47. The molecule has 1 aliphatic heterocycles. The lowest BCUT2D eigenvalue weighted by molar-refractivity contribution is -0.127. The van der Waals surface area contributed by atoms with Gasteiger partial charge in [0, 0.05) is 32.3 Å². The Morgan fingerprint density at radius 1 is 0.767 bits per heavy atom. The Kier molecular flexibility index (Phi) is 6.35. The van der Waals surface area contributed by atoms with E-state index in [4.69, 9.17) is 0 Å². The molecule has 0 radical (unpaired) electrons. The van der Waals surface area contributed by atoms with Gasteiger partial charge in [-0.05, 0) is 34.9 Å². The number of carbonyl (C=O) groups excluding carboxylic acids is 1. The van der Waals surface area contributed by atoms with Gasteiger partial charge in [0.25, 0.3) is 0 Å². The van der Waals surface area contributed by atoms with E-state index >= 15 is 0 Å². The first-order valence-electron chi connectivity index (χ1n) is 10.3. The number of nitrogens with zero attached hydrogens (tertiary/aromatic N) is 2. The van der Waals surface area contributed by atoms with E-state index < -0.39 is 0 Å². The topological polar surface area (TPSA) is 23.6 Å². The van der Waals surface area contributed by atoms with E-state index in [9.17, 15) is 9.18 Å². The van der Waals surface area contributed by atoms with Crippen LogP contribution in [0.2, 0.25) is 0 Å². The highest BCUT2D eigenvalue weighted by Gasteiger charge is 2.27. The molecule has 3 aromatic rings.